The molecule has 0 saturated heterocycles. The van der Waals surface area contributed by atoms with E-state index in [0.717, 1.165) is 23.1 Å². The fourth-order valence-electron chi connectivity index (χ4n) is 4.12. The van der Waals surface area contributed by atoms with E-state index >= 15 is 0 Å². The lowest BCUT2D eigenvalue weighted by Gasteiger charge is -2.14. The van der Waals surface area contributed by atoms with Gasteiger partial charge in [-0.15, -0.1) is 0 Å². The molecule has 0 bridgehead atoms. The van der Waals surface area contributed by atoms with Gasteiger partial charge in [-0.05, 0) is 58.9 Å². The number of hydrogen-bond donors (Lipinski definition) is 0. The number of hydrogen-bond acceptors (Lipinski definition) is 6. The van der Waals surface area contributed by atoms with Crippen LogP contribution in [0.15, 0.2) is 54.6 Å². The molecule has 0 atom stereocenters. The molecule has 33 heavy (non-hydrogen) atoms. The highest BCUT2D eigenvalue weighted by atomic mass is 16.5. The number of ether oxygens (including phenoxy) is 4. The van der Waals surface area contributed by atoms with Crippen molar-refractivity contribution >= 4 is 11.8 Å². The summed E-state index contributed by atoms with van der Waals surface area (Å²) in [6, 6.07) is 17.5. The van der Waals surface area contributed by atoms with Gasteiger partial charge in [-0.3, -0.25) is 9.59 Å². The molecule has 4 rings (SSSR count). The molecule has 0 N–H and O–H groups in total. The van der Waals surface area contributed by atoms with Gasteiger partial charge in [0.1, 0.15) is 0 Å². The number of carbonyl (C=O) groups is 2. The van der Waals surface area contributed by atoms with Crippen molar-refractivity contribution in [2.75, 3.05) is 27.9 Å². The lowest BCUT2D eigenvalue weighted by Crippen LogP contribution is -2.14. The summed E-state index contributed by atoms with van der Waals surface area (Å²) < 4.78 is 21.2. The molecule has 0 spiro atoms. The number of benzene rings is 3. The van der Waals surface area contributed by atoms with Gasteiger partial charge in [0.15, 0.2) is 23.9 Å². The van der Waals surface area contributed by atoms with Crippen molar-refractivity contribution in [3.05, 3.63) is 76.9 Å². The van der Waals surface area contributed by atoms with Crippen LogP contribution in [0, 0.1) is 0 Å². The predicted octanol–water partition coefficient (Wildman–Crippen LogP) is 4.64. The molecule has 0 aromatic heterocycles. The van der Waals surface area contributed by atoms with Crippen LogP contribution in [0.1, 0.15) is 33.5 Å². The molecule has 6 nitrogen and oxygen atoms in total. The zero-order valence-corrected chi connectivity index (χ0v) is 19.0. The Morgan fingerprint density at radius 3 is 2.21 bits per heavy atom. The Labute approximate surface area is 193 Å². The number of aryl methyl sites for hydroxylation is 1. The lowest BCUT2D eigenvalue weighted by atomic mass is 10.0. The van der Waals surface area contributed by atoms with Crippen molar-refractivity contribution in [1.82, 2.24) is 0 Å². The van der Waals surface area contributed by atoms with Gasteiger partial charge < -0.3 is 18.9 Å². The van der Waals surface area contributed by atoms with E-state index in [-0.39, 0.29) is 18.8 Å². The van der Waals surface area contributed by atoms with E-state index in [1.54, 1.807) is 32.4 Å². The van der Waals surface area contributed by atoms with Gasteiger partial charge in [0, 0.05) is 12.0 Å². The van der Waals surface area contributed by atoms with Gasteiger partial charge in [-0.2, -0.15) is 0 Å². The summed E-state index contributed by atoms with van der Waals surface area (Å²) in [5, 5.41) is 0. The molecule has 0 radical (unpaired) electrons. The molecule has 3 aromatic carbocycles. The van der Waals surface area contributed by atoms with Gasteiger partial charge in [0.2, 0.25) is 5.75 Å². The van der Waals surface area contributed by atoms with E-state index in [2.05, 4.69) is 12.1 Å². The molecule has 6 heteroatoms. The zero-order chi connectivity index (χ0) is 23.4. The highest BCUT2D eigenvalue weighted by Gasteiger charge is 2.20. The Morgan fingerprint density at radius 2 is 1.52 bits per heavy atom. The molecular weight excluding hydrogens is 420 g/mol. The molecule has 0 aliphatic heterocycles. The minimum atomic E-state index is -0.441. The van der Waals surface area contributed by atoms with E-state index in [4.69, 9.17) is 18.9 Å². The SMILES string of the molecule is COc1cc(CCC(=O)OCC(=O)c2ccc3c(c2)-c2ccccc2C3)cc(OC)c1OC. The van der Waals surface area contributed by atoms with Crippen molar-refractivity contribution in [2.45, 2.75) is 19.3 Å². The van der Waals surface area contributed by atoms with Crippen molar-refractivity contribution in [3.8, 4) is 28.4 Å². The Bertz CT molecular complexity index is 1170. The number of Topliss-reactive ketones (excluding diaryl/α,β-unsaturated/α-hetero) is 1. The molecule has 3 aromatic rings. The van der Waals surface area contributed by atoms with E-state index in [1.807, 2.05) is 24.3 Å². The molecule has 0 unspecified atom stereocenters. The van der Waals surface area contributed by atoms with Crippen molar-refractivity contribution in [2.24, 2.45) is 0 Å². The number of methoxy groups -OCH3 is 3. The molecule has 0 saturated carbocycles. The van der Waals surface area contributed by atoms with Crippen molar-refractivity contribution in [1.29, 1.82) is 0 Å². The summed E-state index contributed by atoms with van der Waals surface area (Å²) in [6.07, 6.45) is 1.42. The maximum absolute atomic E-state index is 12.6. The average molecular weight is 446 g/mol. The smallest absolute Gasteiger partial charge is 0.306 e. The second-order valence-corrected chi connectivity index (χ2v) is 7.82. The van der Waals surface area contributed by atoms with Crippen LogP contribution in [-0.4, -0.2) is 39.7 Å². The fraction of sp³-hybridized carbons (Fsp3) is 0.259. The van der Waals surface area contributed by atoms with E-state index in [0.29, 0.717) is 29.2 Å². The first-order valence-corrected chi connectivity index (χ1v) is 10.7. The largest absolute Gasteiger partial charge is 0.493 e. The normalized spacial score (nSPS) is 11.4. The third-order valence-electron chi connectivity index (χ3n) is 5.83. The van der Waals surface area contributed by atoms with Gasteiger partial charge in [0.05, 0.1) is 21.3 Å². The molecule has 1 aliphatic carbocycles. The molecule has 0 amide bonds. The predicted molar refractivity (Wildman–Crippen MR) is 124 cm³/mol. The number of fused-ring (bicyclic) bond motifs is 3. The van der Waals surface area contributed by atoms with Crippen LogP contribution < -0.4 is 14.2 Å². The lowest BCUT2D eigenvalue weighted by molar-refractivity contribution is -0.142. The Hall–Kier alpha value is -3.80. The second kappa shape index (κ2) is 9.77. The summed E-state index contributed by atoms with van der Waals surface area (Å²) >= 11 is 0. The standard InChI is InChI=1S/C27H26O6/c1-30-24-12-17(13-25(31-2)27(24)32-3)8-11-26(29)33-16-23(28)20-10-9-19-14-18-6-4-5-7-21(18)22(19)15-20/h4-7,9-10,12-13,15H,8,11,14,16H2,1-3H3. The van der Waals surface area contributed by atoms with Crippen molar-refractivity contribution in [3.63, 3.8) is 0 Å². The quantitative estimate of drug-likeness (QED) is 0.276. The van der Waals surface area contributed by atoms with Gasteiger partial charge in [-0.25, -0.2) is 0 Å². The highest BCUT2D eigenvalue weighted by molar-refractivity contribution is 5.99. The Kier molecular flexibility index (Phi) is 6.63. The first-order valence-electron chi connectivity index (χ1n) is 10.7. The van der Waals surface area contributed by atoms with Crippen LogP contribution in [0.3, 0.4) is 0 Å². The summed E-state index contributed by atoms with van der Waals surface area (Å²) in [5.41, 5.74) is 6.08. The molecule has 0 heterocycles. The molecule has 170 valence electrons. The van der Waals surface area contributed by atoms with E-state index in [1.165, 1.54) is 18.2 Å². The summed E-state index contributed by atoms with van der Waals surface area (Å²) in [7, 11) is 4.62. The summed E-state index contributed by atoms with van der Waals surface area (Å²) in [5.74, 6) is 0.878. The van der Waals surface area contributed by atoms with E-state index in [9.17, 15) is 9.59 Å². The van der Waals surface area contributed by atoms with Crippen LogP contribution in [-0.2, 0) is 22.4 Å². The Balaban J connectivity index is 1.35. The van der Waals surface area contributed by atoms with Gasteiger partial charge in [-0.1, -0.05) is 36.4 Å². The van der Waals surface area contributed by atoms with Gasteiger partial charge in [0.25, 0.3) is 0 Å². The zero-order valence-electron chi connectivity index (χ0n) is 19.0. The first-order chi connectivity index (χ1) is 16.0. The number of rotatable bonds is 9. The fourth-order valence-corrected chi connectivity index (χ4v) is 4.12. The average Bonchev–Trinajstić information content (AvgIpc) is 3.23. The maximum Gasteiger partial charge on any atom is 0.306 e. The second-order valence-electron chi connectivity index (χ2n) is 7.82. The molecule has 0 fully saturated rings. The van der Waals surface area contributed by atoms with E-state index < -0.39 is 5.97 Å². The van der Waals surface area contributed by atoms with Crippen LogP contribution in [0.2, 0.25) is 0 Å². The van der Waals surface area contributed by atoms with Crippen LogP contribution in [0.4, 0.5) is 0 Å². The number of ketones is 1. The minimum Gasteiger partial charge on any atom is -0.493 e. The minimum absolute atomic E-state index is 0.128. The monoisotopic (exact) mass is 446 g/mol. The number of carbonyl (C=O) groups excluding carboxylic acids is 2. The van der Waals surface area contributed by atoms with Crippen LogP contribution in [0.5, 0.6) is 17.2 Å². The molecule has 1 aliphatic rings. The van der Waals surface area contributed by atoms with Crippen LogP contribution in [0.25, 0.3) is 11.1 Å². The highest BCUT2D eigenvalue weighted by Crippen LogP contribution is 2.39. The number of esters is 1. The third-order valence-corrected chi connectivity index (χ3v) is 5.83. The van der Waals surface area contributed by atoms with Crippen LogP contribution >= 0.6 is 0 Å². The Morgan fingerprint density at radius 1 is 0.818 bits per heavy atom. The summed E-state index contributed by atoms with van der Waals surface area (Å²) in [4.78, 5) is 24.9. The molecular formula is C27H26O6. The summed E-state index contributed by atoms with van der Waals surface area (Å²) in [6.45, 7) is -0.283. The third kappa shape index (κ3) is 4.70. The van der Waals surface area contributed by atoms with Gasteiger partial charge >= 0.3 is 5.97 Å². The topological polar surface area (TPSA) is 71.1 Å². The van der Waals surface area contributed by atoms with Crippen molar-refractivity contribution < 1.29 is 28.5 Å². The first kappa shape index (κ1) is 22.4. The maximum atomic E-state index is 12.6.